The number of carbonyl (C=O) groups is 2. The topological polar surface area (TPSA) is 72.2 Å². The number of ketones is 1. The molecular weight excluding hydrogens is 360 g/mol. The molecule has 0 spiro atoms. The molecule has 1 atom stereocenters. The standard InChI is InChI=1S/C25H48N2O2/c1-3-4-5-6-7-8-9-10-11-12-13-14-15-16-17-21-25(29)27-24(23(2)28)20-18-19-22-26/h10-11,24H,3-9,12-22,26H2,1-2H3,(H,27,29)/b11-10-. The van der Waals surface area contributed by atoms with Crippen LogP contribution in [-0.4, -0.2) is 24.3 Å². The van der Waals surface area contributed by atoms with Crippen molar-refractivity contribution in [2.24, 2.45) is 5.73 Å². The van der Waals surface area contributed by atoms with Crippen molar-refractivity contribution in [1.29, 1.82) is 0 Å². The summed E-state index contributed by atoms with van der Waals surface area (Å²) < 4.78 is 0. The fraction of sp³-hybridized carbons (Fsp3) is 0.840. The normalized spacial score (nSPS) is 12.4. The second-order valence-electron chi connectivity index (χ2n) is 8.35. The minimum Gasteiger partial charge on any atom is -0.346 e. The summed E-state index contributed by atoms with van der Waals surface area (Å²) in [5.74, 6) is 0.0514. The van der Waals surface area contributed by atoms with E-state index in [9.17, 15) is 9.59 Å². The van der Waals surface area contributed by atoms with Crippen molar-refractivity contribution in [3.05, 3.63) is 12.2 Å². The molecule has 1 unspecified atom stereocenters. The van der Waals surface area contributed by atoms with Gasteiger partial charge < -0.3 is 11.1 Å². The maximum Gasteiger partial charge on any atom is 0.220 e. The summed E-state index contributed by atoms with van der Waals surface area (Å²) in [7, 11) is 0. The van der Waals surface area contributed by atoms with Crippen LogP contribution >= 0.6 is 0 Å². The molecule has 0 fully saturated rings. The van der Waals surface area contributed by atoms with Gasteiger partial charge in [-0.3, -0.25) is 9.59 Å². The van der Waals surface area contributed by atoms with E-state index in [-0.39, 0.29) is 17.7 Å². The Labute approximate surface area is 180 Å². The van der Waals surface area contributed by atoms with Gasteiger partial charge in [0.1, 0.15) is 0 Å². The lowest BCUT2D eigenvalue weighted by Gasteiger charge is -2.15. The molecule has 29 heavy (non-hydrogen) atoms. The number of allylic oxidation sites excluding steroid dienone is 2. The summed E-state index contributed by atoms with van der Waals surface area (Å²) >= 11 is 0. The zero-order valence-electron chi connectivity index (χ0n) is 19.4. The van der Waals surface area contributed by atoms with Gasteiger partial charge in [-0.15, -0.1) is 0 Å². The highest BCUT2D eigenvalue weighted by Crippen LogP contribution is 2.10. The first-order valence-electron chi connectivity index (χ1n) is 12.3. The molecule has 0 radical (unpaired) electrons. The number of hydrogen-bond acceptors (Lipinski definition) is 3. The lowest BCUT2D eigenvalue weighted by atomic mass is 10.0. The first-order chi connectivity index (χ1) is 14.1. The largest absolute Gasteiger partial charge is 0.346 e. The van der Waals surface area contributed by atoms with Crippen LogP contribution in [0.1, 0.15) is 123 Å². The molecule has 0 aliphatic rings. The molecule has 0 aromatic rings. The van der Waals surface area contributed by atoms with E-state index in [0.717, 1.165) is 25.7 Å². The molecule has 0 aromatic heterocycles. The van der Waals surface area contributed by atoms with Gasteiger partial charge in [0, 0.05) is 6.42 Å². The molecule has 170 valence electrons. The molecule has 0 rings (SSSR count). The Morgan fingerprint density at radius 2 is 1.34 bits per heavy atom. The molecule has 1 amide bonds. The molecule has 0 aromatic carbocycles. The number of nitrogens with one attached hydrogen (secondary N) is 1. The minimum atomic E-state index is -0.336. The van der Waals surface area contributed by atoms with E-state index in [1.54, 1.807) is 6.92 Å². The Morgan fingerprint density at radius 1 is 0.793 bits per heavy atom. The van der Waals surface area contributed by atoms with E-state index in [2.05, 4.69) is 24.4 Å². The van der Waals surface area contributed by atoms with E-state index in [0.29, 0.717) is 19.4 Å². The van der Waals surface area contributed by atoms with Crippen LogP contribution in [0.25, 0.3) is 0 Å². The average Bonchev–Trinajstić information content (AvgIpc) is 2.70. The second-order valence-corrected chi connectivity index (χ2v) is 8.35. The summed E-state index contributed by atoms with van der Waals surface area (Å²) in [5.41, 5.74) is 5.49. The van der Waals surface area contributed by atoms with Crippen LogP contribution < -0.4 is 11.1 Å². The monoisotopic (exact) mass is 408 g/mol. The highest BCUT2D eigenvalue weighted by Gasteiger charge is 2.16. The highest BCUT2D eigenvalue weighted by molar-refractivity contribution is 5.87. The van der Waals surface area contributed by atoms with Gasteiger partial charge in [-0.25, -0.2) is 0 Å². The smallest absolute Gasteiger partial charge is 0.220 e. The van der Waals surface area contributed by atoms with Crippen molar-refractivity contribution >= 4 is 11.7 Å². The van der Waals surface area contributed by atoms with Crippen molar-refractivity contribution in [2.45, 2.75) is 129 Å². The first-order valence-corrected chi connectivity index (χ1v) is 12.3. The Hall–Kier alpha value is -1.16. The number of nitrogens with two attached hydrogens (primary N) is 1. The van der Waals surface area contributed by atoms with Crippen molar-refractivity contribution in [2.75, 3.05) is 6.54 Å². The van der Waals surface area contributed by atoms with E-state index < -0.39 is 0 Å². The van der Waals surface area contributed by atoms with Gasteiger partial charge in [-0.2, -0.15) is 0 Å². The molecule has 0 saturated carbocycles. The zero-order valence-corrected chi connectivity index (χ0v) is 19.4. The molecule has 0 bridgehead atoms. The van der Waals surface area contributed by atoms with Crippen LogP contribution in [0.5, 0.6) is 0 Å². The number of Topliss-reactive ketones (excluding diaryl/α,β-unsaturated/α-hetero) is 1. The van der Waals surface area contributed by atoms with Gasteiger partial charge in [0.05, 0.1) is 6.04 Å². The van der Waals surface area contributed by atoms with Crippen molar-refractivity contribution in [3.8, 4) is 0 Å². The van der Waals surface area contributed by atoms with Crippen LogP contribution in [-0.2, 0) is 9.59 Å². The second kappa shape index (κ2) is 21.5. The quantitative estimate of drug-likeness (QED) is 0.175. The number of rotatable bonds is 21. The van der Waals surface area contributed by atoms with E-state index in [4.69, 9.17) is 5.73 Å². The third-order valence-electron chi connectivity index (χ3n) is 5.44. The van der Waals surface area contributed by atoms with Crippen molar-refractivity contribution < 1.29 is 9.59 Å². The molecule has 0 heterocycles. The molecule has 4 heteroatoms. The Bertz CT molecular complexity index is 421. The lowest BCUT2D eigenvalue weighted by molar-refractivity contribution is -0.127. The Kier molecular flexibility index (Phi) is 20.7. The summed E-state index contributed by atoms with van der Waals surface area (Å²) in [6.07, 6.45) is 24.0. The average molecular weight is 409 g/mol. The number of hydrogen-bond donors (Lipinski definition) is 2. The van der Waals surface area contributed by atoms with Crippen molar-refractivity contribution in [1.82, 2.24) is 5.32 Å². The van der Waals surface area contributed by atoms with Gasteiger partial charge in [-0.1, -0.05) is 70.4 Å². The summed E-state index contributed by atoms with van der Waals surface area (Å²) in [6.45, 7) is 4.44. The number of unbranched alkanes of at least 4 members (excludes halogenated alkanes) is 12. The minimum absolute atomic E-state index is 0.00979. The molecule has 0 saturated heterocycles. The lowest BCUT2D eigenvalue weighted by Crippen LogP contribution is -2.39. The van der Waals surface area contributed by atoms with E-state index >= 15 is 0 Å². The molecular formula is C25H48N2O2. The molecule has 0 aliphatic carbocycles. The Balaban J connectivity index is 3.51. The first kappa shape index (κ1) is 27.8. The summed E-state index contributed by atoms with van der Waals surface area (Å²) in [6, 6.07) is -0.336. The van der Waals surface area contributed by atoms with Gasteiger partial charge in [0.15, 0.2) is 5.78 Å². The number of amides is 1. The van der Waals surface area contributed by atoms with Gasteiger partial charge in [-0.05, 0) is 64.8 Å². The summed E-state index contributed by atoms with van der Waals surface area (Å²) in [5, 5.41) is 2.89. The maximum atomic E-state index is 12.0. The molecule has 0 aliphatic heterocycles. The van der Waals surface area contributed by atoms with Crippen molar-refractivity contribution in [3.63, 3.8) is 0 Å². The van der Waals surface area contributed by atoms with Crippen LogP contribution in [0.15, 0.2) is 12.2 Å². The molecule has 4 nitrogen and oxygen atoms in total. The predicted octanol–water partition coefficient (Wildman–Crippen LogP) is 6.23. The third kappa shape index (κ3) is 19.9. The predicted molar refractivity (Wildman–Crippen MR) is 125 cm³/mol. The summed E-state index contributed by atoms with van der Waals surface area (Å²) in [4.78, 5) is 23.7. The van der Waals surface area contributed by atoms with E-state index in [1.165, 1.54) is 70.6 Å². The highest BCUT2D eigenvalue weighted by atomic mass is 16.2. The maximum absolute atomic E-state index is 12.0. The molecule has 3 N–H and O–H groups in total. The van der Waals surface area contributed by atoms with Crippen LogP contribution in [0.2, 0.25) is 0 Å². The fourth-order valence-corrected chi connectivity index (χ4v) is 3.49. The van der Waals surface area contributed by atoms with Crippen LogP contribution in [0.4, 0.5) is 0 Å². The third-order valence-corrected chi connectivity index (χ3v) is 5.44. The van der Waals surface area contributed by atoms with Gasteiger partial charge in [0.2, 0.25) is 5.91 Å². The van der Waals surface area contributed by atoms with E-state index in [1.807, 2.05) is 0 Å². The zero-order chi connectivity index (χ0) is 21.6. The van der Waals surface area contributed by atoms with Gasteiger partial charge >= 0.3 is 0 Å². The fourth-order valence-electron chi connectivity index (χ4n) is 3.49. The van der Waals surface area contributed by atoms with Gasteiger partial charge in [0.25, 0.3) is 0 Å². The van der Waals surface area contributed by atoms with Crippen LogP contribution in [0, 0.1) is 0 Å². The van der Waals surface area contributed by atoms with Crippen LogP contribution in [0.3, 0.4) is 0 Å². The SMILES string of the molecule is CCCCCCCC/C=C\CCCCCCCC(=O)NC(CCCCN)C(C)=O. The number of carbonyl (C=O) groups excluding carboxylic acids is 2. The Morgan fingerprint density at radius 3 is 1.90 bits per heavy atom.